The molecular weight excluding hydrogens is 454 g/mol. The van der Waals surface area contributed by atoms with Gasteiger partial charge in [0.05, 0.1) is 17.9 Å². The molecule has 1 saturated carbocycles. The number of halogens is 1. The molecule has 1 aromatic rings. The van der Waals surface area contributed by atoms with Gasteiger partial charge in [-0.3, -0.25) is 9.59 Å². The van der Waals surface area contributed by atoms with Gasteiger partial charge in [0.2, 0.25) is 5.91 Å². The van der Waals surface area contributed by atoms with Gasteiger partial charge in [-0.1, -0.05) is 23.8 Å². The average Bonchev–Trinajstić information content (AvgIpc) is 2.68. The van der Waals surface area contributed by atoms with Crippen LogP contribution in [0.3, 0.4) is 0 Å². The van der Waals surface area contributed by atoms with Gasteiger partial charge in [-0.25, -0.2) is 9.78 Å². The van der Waals surface area contributed by atoms with Gasteiger partial charge in [0.1, 0.15) is 10.8 Å². The Morgan fingerprint density at radius 3 is 2.41 bits per heavy atom. The number of carbonyl (C=O) groups excluding carboxylic acids is 3. The van der Waals surface area contributed by atoms with E-state index >= 15 is 0 Å². The van der Waals surface area contributed by atoms with Crippen LogP contribution in [0.4, 0.5) is 10.5 Å². The lowest BCUT2D eigenvalue weighted by Gasteiger charge is -2.37. The average molecular weight is 484 g/mol. The second-order valence-corrected chi connectivity index (χ2v) is 9.69. The highest BCUT2D eigenvalue weighted by molar-refractivity contribution is 7.82. The third-order valence-electron chi connectivity index (χ3n) is 4.85. The Hall–Kier alpha value is -2.46. The van der Waals surface area contributed by atoms with E-state index in [1.165, 1.54) is 6.20 Å². The van der Waals surface area contributed by atoms with Crippen molar-refractivity contribution in [1.82, 2.24) is 20.5 Å². The number of amides is 3. The number of nitrogens with one attached hydrogen (secondary N) is 3. The van der Waals surface area contributed by atoms with Crippen LogP contribution < -0.4 is 16.0 Å². The van der Waals surface area contributed by atoms with Gasteiger partial charge in [-0.05, 0) is 52.2 Å². The quantitative estimate of drug-likeness (QED) is 0.445. The minimum absolute atomic E-state index is 0.00463. The Labute approximate surface area is 198 Å². The Balaban J connectivity index is 2.07. The molecule has 1 aliphatic rings. The van der Waals surface area contributed by atoms with Crippen LogP contribution in [0.2, 0.25) is 5.15 Å². The molecule has 1 fully saturated rings. The number of hydrogen-bond donors (Lipinski definition) is 3. The number of carbonyl (C=O) groups is 3. The molecule has 3 N–H and O–H groups in total. The number of nitrogens with zero attached hydrogens (tertiary/aromatic N) is 2. The second-order valence-electron chi connectivity index (χ2n) is 8.90. The summed E-state index contributed by atoms with van der Waals surface area (Å²) in [5, 5.41) is 8.83. The van der Waals surface area contributed by atoms with E-state index in [0.717, 1.165) is 0 Å². The summed E-state index contributed by atoms with van der Waals surface area (Å²) in [6.45, 7) is 5.31. The standard InChI is InChI=1S/C21H30ClN5O4S/c1-21(2,3)31-20(30)26-15-10-12(19(29)27(4)5)6-8-14(15)25-18(32)17(28)24-13-7-9-16(22)23-11-13/h7,9,11-12,14-15H,6,8,10H2,1-5H3,(H,24,28)(H,25,32)(H,26,30)/t12-,14-,15+/m0/s1. The fraction of sp³-hybridized carbons (Fsp3) is 0.571. The van der Waals surface area contributed by atoms with E-state index in [4.69, 9.17) is 28.6 Å². The van der Waals surface area contributed by atoms with Crippen LogP contribution in [0.15, 0.2) is 18.3 Å². The molecule has 0 bridgehead atoms. The highest BCUT2D eigenvalue weighted by Crippen LogP contribution is 2.27. The first-order valence-corrected chi connectivity index (χ1v) is 11.1. The molecule has 3 atom stereocenters. The number of ether oxygens (including phenoxy) is 1. The van der Waals surface area contributed by atoms with Gasteiger partial charge in [0.15, 0.2) is 4.99 Å². The first kappa shape index (κ1) is 25.8. The molecule has 0 spiro atoms. The third kappa shape index (κ3) is 7.90. The van der Waals surface area contributed by atoms with Gasteiger partial charge in [-0.15, -0.1) is 0 Å². The second kappa shape index (κ2) is 10.9. The number of alkyl carbamates (subject to hydrolysis) is 1. The van der Waals surface area contributed by atoms with E-state index in [9.17, 15) is 14.4 Å². The van der Waals surface area contributed by atoms with Crippen molar-refractivity contribution in [3.05, 3.63) is 23.5 Å². The van der Waals surface area contributed by atoms with Crippen molar-refractivity contribution >= 4 is 52.4 Å². The van der Waals surface area contributed by atoms with E-state index in [-0.39, 0.29) is 22.9 Å². The summed E-state index contributed by atoms with van der Waals surface area (Å²) in [6, 6.07) is 2.38. The summed E-state index contributed by atoms with van der Waals surface area (Å²) < 4.78 is 5.37. The summed E-state index contributed by atoms with van der Waals surface area (Å²) in [5.41, 5.74) is -0.213. The Bertz CT molecular complexity index is 857. The van der Waals surface area contributed by atoms with Crippen molar-refractivity contribution in [1.29, 1.82) is 0 Å². The number of rotatable bonds is 4. The summed E-state index contributed by atoms with van der Waals surface area (Å²) in [7, 11) is 3.40. The van der Waals surface area contributed by atoms with Crippen molar-refractivity contribution in [2.45, 2.75) is 57.7 Å². The van der Waals surface area contributed by atoms with E-state index in [1.807, 2.05) is 0 Å². The van der Waals surface area contributed by atoms with Crippen LogP contribution in [0.5, 0.6) is 0 Å². The van der Waals surface area contributed by atoms with Crippen molar-refractivity contribution in [2.75, 3.05) is 19.4 Å². The van der Waals surface area contributed by atoms with Crippen LogP contribution in [0.1, 0.15) is 40.0 Å². The number of thiocarbonyl (C=S) groups is 1. The van der Waals surface area contributed by atoms with E-state index in [2.05, 4.69) is 20.9 Å². The zero-order chi connectivity index (χ0) is 24.1. The van der Waals surface area contributed by atoms with E-state index in [1.54, 1.807) is 51.9 Å². The van der Waals surface area contributed by atoms with Crippen molar-refractivity contribution < 1.29 is 19.1 Å². The molecule has 0 radical (unpaired) electrons. The Morgan fingerprint density at radius 2 is 1.84 bits per heavy atom. The number of pyridine rings is 1. The smallest absolute Gasteiger partial charge is 0.407 e. The highest BCUT2D eigenvalue weighted by atomic mass is 35.5. The molecule has 1 aromatic heterocycles. The van der Waals surface area contributed by atoms with Crippen LogP contribution in [-0.4, -0.2) is 64.6 Å². The maximum atomic E-state index is 12.5. The van der Waals surface area contributed by atoms with Crippen molar-refractivity contribution in [2.24, 2.45) is 5.92 Å². The molecule has 1 heterocycles. The zero-order valence-corrected chi connectivity index (χ0v) is 20.5. The Morgan fingerprint density at radius 1 is 1.16 bits per heavy atom. The van der Waals surface area contributed by atoms with Gasteiger partial charge < -0.3 is 25.6 Å². The van der Waals surface area contributed by atoms with E-state index < -0.39 is 23.6 Å². The third-order valence-corrected chi connectivity index (χ3v) is 5.38. The lowest BCUT2D eigenvalue weighted by molar-refractivity contribution is -0.134. The molecule has 2 rings (SSSR count). The molecule has 3 amide bonds. The molecular formula is C21H30ClN5O4S. The number of hydrogen-bond acceptors (Lipinski definition) is 6. The number of anilines is 1. The Kier molecular flexibility index (Phi) is 8.80. The normalized spacial score (nSPS) is 20.6. The fourth-order valence-electron chi connectivity index (χ4n) is 3.42. The topological polar surface area (TPSA) is 113 Å². The lowest BCUT2D eigenvalue weighted by atomic mass is 9.81. The molecule has 32 heavy (non-hydrogen) atoms. The minimum atomic E-state index is -0.664. The maximum absolute atomic E-state index is 12.5. The number of aromatic nitrogens is 1. The summed E-state index contributed by atoms with van der Waals surface area (Å²) in [5.74, 6) is -0.757. The fourth-order valence-corrected chi connectivity index (χ4v) is 3.74. The maximum Gasteiger partial charge on any atom is 0.407 e. The zero-order valence-electron chi connectivity index (χ0n) is 18.9. The van der Waals surface area contributed by atoms with Crippen molar-refractivity contribution in [3.63, 3.8) is 0 Å². The van der Waals surface area contributed by atoms with Crippen LogP contribution in [-0.2, 0) is 14.3 Å². The van der Waals surface area contributed by atoms with Crippen LogP contribution in [0.25, 0.3) is 0 Å². The van der Waals surface area contributed by atoms with Gasteiger partial charge in [0.25, 0.3) is 5.91 Å². The first-order chi connectivity index (χ1) is 14.9. The summed E-state index contributed by atoms with van der Waals surface area (Å²) in [4.78, 5) is 42.8. The largest absolute Gasteiger partial charge is 0.444 e. The molecule has 1 aliphatic carbocycles. The summed E-state index contributed by atoms with van der Waals surface area (Å²) in [6.07, 6.45) is 2.38. The van der Waals surface area contributed by atoms with Gasteiger partial charge in [-0.2, -0.15) is 0 Å². The van der Waals surface area contributed by atoms with Gasteiger partial charge >= 0.3 is 6.09 Å². The molecule has 176 valence electrons. The SMILES string of the molecule is CN(C)C(=O)[C@H]1CC[C@H](NC(=S)C(=O)Nc2ccc(Cl)nc2)[C@H](NC(=O)OC(C)(C)C)C1. The molecule has 0 unspecified atom stereocenters. The molecule has 0 aliphatic heterocycles. The van der Waals surface area contributed by atoms with Crippen LogP contribution in [0, 0.1) is 5.92 Å². The minimum Gasteiger partial charge on any atom is -0.444 e. The molecule has 11 heteroatoms. The molecule has 0 saturated heterocycles. The van der Waals surface area contributed by atoms with Crippen LogP contribution >= 0.6 is 23.8 Å². The first-order valence-electron chi connectivity index (χ1n) is 10.3. The van der Waals surface area contributed by atoms with Gasteiger partial charge in [0, 0.05) is 26.1 Å². The predicted molar refractivity (Wildman–Crippen MR) is 127 cm³/mol. The highest BCUT2D eigenvalue weighted by Gasteiger charge is 2.37. The van der Waals surface area contributed by atoms with E-state index in [0.29, 0.717) is 30.1 Å². The lowest BCUT2D eigenvalue weighted by Crippen LogP contribution is -2.57. The predicted octanol–water partition coefficient (Wildman–Crippen LogP) is 2.74. The summed E-state index contributed by atoms with van der Waals surface area (Å²) >= 11 is 11.0. The molecule has 0 aromatic carbocycles. The van der Waals surface area contributed by atoms with Crippen molar-refractivity contribution in [3.8, 4) is 0 Å². The molecule has 9 nitrogen and oxygen atoms in total. The monoisotopic (exact) mass is 483 g/mol.